The minimum atomic E-state index is -0.238. The van der Waals surface area contributed by atoms with Gasteiger partial charge in [0.15, 0.2) is 11.5 Å². The highest BCUT2D eigenvalue weighted by Crippen LogP contribution is 2.27. The predicted molar refractivity (Wildman–Crippen MR) is 130 cm³/mol. The molecule has 1 aromatic carbocycles. The number of aryl methyl sites for hydroxylation is 2. The molecule has 8 nitrogen and oxygen atoms in total. The molecular weight excluding hydrogens is 432 g/mol. The summed E-state index contributed by atoms with van der Waals surface area (Å²) < 4.78 is 13.8. The number of rotatable bonds is 6. The van der Waals surface area contributed by atoms with Crippen LogP contribution in [0.2, 0.25) is 0 Å². The molecule has 0 radical (unpaired) electrons. The number of methoxy groups -OCH3 is 2. The van der Waals surface area contributed by atoms with Gasteiger partial charge in [0.2, 0.25) is 0 Å². The van der Waals surface area contributed by atoms with Crippen molar-refractivity contribution in [1.82, 2.24) is 19.1 Å². The summed E-state index contributed by atoms with van der Waals surface area (Å²) in [6, 6.07) is 14.4. The van der Waals surface area contributed by atoms with E-state index in [0.717, 1.165) is 5.56 Å². The average molecular weight is 454 g/mol. The third kappa shape index (κ3) is 3.79. The Bertz CT molecular complexity index is 1620. The first kappa shape index (κ1) is 21.4. The normalized spacial score (nSPS) is 11.1. The zero-order valence-electron chi connectivity index (χ0n) is 18.8. The fraction of sp³-hybridized carbons (Fsp3) is 0.154. The quantitative estimate of drug-likeness (QED) is 0.366. The number of benzene rings is 1. The lowest BCUT2D eigenvalue weighted by molar-refractivity contribution is 0.354. The Labute approximate surface area is 194 Å². The van der Waals surface area contributed by atoms with Gasteiger partial charge < -0.3 is 14.0 Å². The van der Waals surface area contributed by atoms with Crippen molar-refractivity contribution in [1.29, 1.82) is 0 Å². The molecule has 4 heterocycles. The van der Waals surface area contributed by atoms with Crippen molar-refractivity contribution >= 4 is 21.8 Å². The van der Waals surface area contributed by atoms with Crippen LogP contribution in [0.4, 0.5) is 0 Å². The van der Waals surface area contributed by atoms with Crippen molar-refractivity contribution in [2.45, 2.75) is 13.0 Å². The summed E-state index contributed by atoms with van der Waals surface area (Å²) in [7, 11) is 3.19. The summed E-state index contributed by atoms with van der Waals surface area (Å²) in [4.78, 5) is 35.0. The fourth-order valence-electron chi connectivity index (χ4n) is 4.03. The lowest BCUT2D eigenvalue weighted by atomic mass is 10.1. The Hall–Kier alpha value is -4.46. The maximum Gasteiger partial charge on any atom is 0.264 e. The molecule has 0 saturated heterocycles. The van der Waals surface area contributed by atoms with E-state index in [1.54, 1.807) is 73.9 Å². The second-order valence-electron chi connectivity index (χ2n) is 7.80. The van der Waals surface area contributed by atoms with E-state index in [0.29, 0.717) is 52.0 Å². The molecule has 0 aliphatic heterocycles. The van der Waals surface area contributed by atoms with Gasteiger partial charge in [-0.05, 0) is 54.4 Å². The zero-order chi connectivity index (χ0) is 23.7. The van der Waals surface area contributed by atoms with Crippen molar-refractivity contribution in [3.63, 3.8) is 0 Å². The summed E-state index contributed by atoms with van der Waals surface area (Å²) in [6.07, 6.45) is 7.30. The smallest absolute Gasteiger partial charge is 0.264 e. The maximum absolute atomic E-state index is 13.2. The first-order valence-corrected chi connectivity index (χ1v) is 10.8. The molecule has 8 heteroatoms. The second-order valence-corrected chi connectivity index (χ2v) is 7.80. The minimum Gasteiger partial charge on any atom is -0.493 e. The Kier molecular flexibility index (Phi) is 5.55. The standard InChI is InChI=1S/C26H22N4O4/c1-33-23-4-3-17(15-24(23)34-2)7-12-29-13-8-21-19(25(29)31)16-20-22(28-21)9-14-30(26(20)32)18-5-10-27-11-6-18/h3-6,8-11,13-16H,7,12H2,1-2H3. The number of nitrogens with zero attached hydrogens (tertiary/aromatic N) is 4. The van der Waals surface area contributed by atoms with Crippen LogP contribution < -0.4 is 20.6 Å². The summed E-state index contributed by atoms with van der Waals surface area (Å²) in [5.41, 5.74) is 2.39. The van der Waals surface area contributed by atoms with Gasteiger partial charge in [-0.15, -0.1) is 0 Å². The van der Waals surface area contributed by atoms with E-state index in [1.807, 2.05) is 18.2 Å². The van der Waals surface area contributed by atoms with Crippen molar-refractivity contribution in [3.8, 4) is 17.2 Å². The highest BCUT2D eigenvalue weighted by molar-refractivity contribution is 5.91. The zero-order valence-corrected chi connectivity index (χ0v) is 18.8. The van der Waals surface area contributed by atoms with Gasteiger partial charge in [-0.2, -0.15) is 0 Å². The Morgan fingerprint density at radius 1 is 0.794 bits per heavy atom. The molecule has 0 N–H and O–H groups in total. The van der Waals surface area contributed by atoms with Crippen LogP contribution in [-0.4, -0.2) is 33.3 Å². The molecule has 0 spiro atoms. The predicted octanol–water partition coefficient (Wildman–Crippen LogP) is 3.36. The topological polar surface area (TPSA) is 88.2 Å². The van der Waals surface area contributed by atoms with Gasteiger partial charge >= 0.3 is 0 Å². The molecule has 0 amide bonds. The fourth-order valence-corrected chi connectivity index (χ4v) is 4.03. The molecule has 0 atom stereocenters. The summed E-state index contributed by atoms with van der Waals surface area (Å²) in [5, 5.41) is 0.799. The maximum atomic E-state index is 13.2. The van der Waals surface area contributed by atoms with Crippen LogP contribution in [0, 0.1) is 0 Å². The minimum absolute atomic E-state index is 0.189. The number of ether oxygens (including phenoxy) is 2. The van der Waals surface area contributed by atoms with Crippen LogP contribution in [0.1, 0.15) is 5.56 Å². The van der Waals surface area contributed by atoms with Gasteiger partial charge in [-0.1, -0.05) is 6.07 Å². The SMILES string of the molecule is COc1ccc(CCn2ccc3nc4ccn(-c5ccncc5)c(=O)c4cc3c2=O)cc1OC. The van der Waals surface area contributed by atoms with Crippen LogP contribution in [-0.2, 0) is 13.0 Å². The van der Waals surface area contributed by atoms with Crippen LogP contribution >= 0.6 is 0 Å². The average Bonchev–Trinajstić information content (AvgIpc) is 2.88. The summed E-state index contributed by atoms with van der Waals surface area (Å²) in [6.45, 7) is 0.471. The summed E-state index contributed by atoms with van der Waals surface area (Å²) in [5.74, 6) is 1.30. The molecule has 0 saturated carbocycles. The van der Waals surface area contributed by atoms with Gasteiger partial charge in [-0.3, -0.25) is 19.1 Å². The van der Waals surface area contributed by atoms with E-state index in [1.165, 1.54) is 4.57 Å². The summed E-state index contributed by atoms with van der Waals surface area (Å²) >= 11 is 0. The van der Waals surface area contributed by atoms with Crippen LogP contribution in [0.25, 0.3) is 27.5 Å². The van der Waals surface area contributed by atoms with Crippen molar-refractivity contribution in [3.05, 3.63) is 99.6 Å². The number of aromatic nitrogens is 4. The molecule has 5 aromatic rings. The molecule has 4 aromatic heterocycles. The highest BCUT2D eigenvalue weighted by Gasteiger charge is 2.11. The Morgan fingerprint density at radius 2 is 1.50 bits per heavy atom. The van der Waals surface area contributed by atoms with E-state index in [9.17, 15) is 9.59 Å². The van der Waals surface area contributed by atoms with Gasteiger partial charge in [0.25, 0.3) is 11.1 Å². The van der Waals surface area contributed by atoms with E-state index >= 15 is 0 Å². The second kappa shape index (κ2) is 8.82. The number of hydrogen-bond acceptors (Lipinski definition) is 6. The number of fused-ring (bicyclic) bond motifs is 2. The molecule has 0 aliphatic carbocycles. The third-order valence-electron chi connectivity index (χ3n) is 5.85. The lowest BCUT2D eigenvalue weighted by Crippen LogP contribution is -2.22. The molecular formula is C26H22N4O4. The molecule has 0 unspecified atom stereocenters. The first-order chi connectivity index (χ1) is 16.6. The van der Waals surface area contributed by atoms with Crippen molar-refractivity contribution in [2.24, 2.45) is 0 Å². The van der Waals surface area contributed by atoms with Gasteiger partial charge in [0.1, 0.15) is 0 Å². The molecule has 0 aliphatic rings. The van der Waals surface area contributed by atoms with E-state index in [4.69, 9.17) is 9.47 Å². The third-order valence-corrected chi connectivity index (χ3v) is 5.85. The highest BCUT2D eigenvalue weighted by atomic mass is 16.5. The van der Waals surface area contributed by atoms with E-state index < -0.39 is 0 Å². The molecule has 5 rings (SSSR count). The largest absolute Gasteiger partial charge is 0.493 e. The first-order valence-electron chi connectivity index (χ1n) is 10.8. The number of hydrogen-bond donors (Lipinski definition) is 0. The van der Waals surface area contributed by atoms with Crippen LogP contribution in [0.5, 0.6) is 11.5 Å². The van der Waals surface area contributed by atoms with Gasteiger partial charge in [0, 0.05) is 31.3 Å². The monoisotopic (exact) mass is 454 g/mol. The lowest BCUT2D eigenvalue weighted by Gasteiger charge is -2.11. The van der Waals surface area contributed by atoms with Crippen molar-refractivity contribution < 1.29 is 9.47 Å². The Balaban J connectivity index is 1.53. The molecule has 170 valence electrons. The Morgan fingerprint density at radius 3 is 2.24 bits per heavy atom. The molecule has 0 fully saturated rings. The van der Waals surface area contributed by atoms with Gasteiger partial charge in [-0.25, -0.2) is 4.98 Å². The van der Waals surface area contributed by atoms with E-state index in [2.05, 4.69) is 9.97 Å². The van der Waals surface area contributed by atoms with Gasteiger partial charge in [0.05, 0.1) is 41.7 Å². The number of pyridine rings is 4. The van der Waals surface area contributed by atoms with Crippen LogP contribution in [0.15, 0.2) is 82.9 Å². The van der Waals surface area contributed by atoms with E-state index in [-0.39, 0.29) is 11.1 Å². The van der Waals surface area contributed by atoms with Crippen LogP contribution in [0.3, 0.4) is 0 Å². The van der Waals surface area contributed by atoms with Crippen molar-refractivity contribution in [2.75, 3.05) is 14.2 Å². The molecule has 34 heavy (non-hydrogen) atoms. The molecule has 0 bridgehead atoms.